The van der Waals surface area contributed by atoms with E-state index in [4.69, 9.17) is 6.42 Å². The summed E-state index contributed by atoms with van der Waals surface area (Å²) in [5.41, 5.74) is 0. The van der Waals surface area contributed by atoms with Crippen molar-refractivity contribution in [1.82, 2.24) is 0 Å². The average molecular weight is 152 g/mol. The molecule has 0 amide bonds. The number of aliphatic hydroxyl groups is 1. The van der Waals surface area contributed by atoms with Crippen LogP contribution in [0.25, 0.3) is 0 Å². The van der Waals surface area contributed by atoms with Crippen molar-refractivity contribution in [2.75, 3.05) is 0 Å². The van der Waals surface area contributed by atoms with E-state index < -0.39 is 0 Å². The lowest BCUT2D eigenvalue weighted by molar-refractivity contribution is 0.136. The molecule has 62 valence electrons. The summed E-state index contributed by atoms with van der Waals surface area (Å²) in [4.78, 5) is 0. The Labute approximate surface area is 68.8 Å². The zero-order valence-electron chi connectivity index (χ0n) is 7.09. The average Bonchev–Trinajstić information content (AvgIpc) is 2.78. The number of terminal acetylenes is 1. The maximum absolute atomic E-state index is 9.53. The van der Waals surface area contributed by atoms with Crippen LogP contribution in [0.15, 0.2) is 0 Å². The Morgan fingerprint density at radius 3 is 2.91 bits per heavy atom. The Hall–Kier alpha value is -0.480. The van der Waals surface area contributed by atoms with Crippen molar-refractivity contribution < 1.29 is 5.11 Å². The van der Waals surface area contributed by atoms with Gasteiger partial charge in [-0.25, -0.2) is 0 Å². The Morgan fingerprint density at radius 2 is 2.45 bits per heavy atom. The molecule has 0 aromatic rings. The molecule has 1 nitrogen and oxygen atoms in total. The number of aliphatic hydroxyl groups excluding tert-OH is 1. The molecule has 11 heavy (non-hydrogen) atoms. The molecule has 1 heteroatoms. The molecule has 1 unspecified atom stereocenters. The molecule has 0 bridgehead atoms. The maximum atomic E-state index is 9.53. The topological polar surface area (TPSA) is 20.2 Å². The molecule has 0 aliphatic heterocycles. The quantitative estimate of drug-likeness (QED) is 0.609. The SMILES string of the molecule is C#CCCC(O)[C@@H]1C[C@H]1CC. The van der Waals surface area contributed by atoms with Crippen LogP contribution in [0.1, 0.15) is 32.6 Å². The Balaban J connectivity index is 2.13. The lowest BCUT2D eigenvalue weighted by Crippen LogP contribution is -2.09. The number of hydrogen-bond donors (Lipinski definition) is 1. The van der Waals surface area contributed by atoms with Gasteiger partial charge in [-0.1, -0.05) is 13.3 Å². The van der Waals surface area contributed by atoms with Gasteiger partial charge in [-0.05, 0) is 24.7 Å². The molecule has 1 aliphatic rings. The van der Waals surface area contributed by atoms with Gasteiger partial charge in [-0.15, -0.1) is 12.3 Å². The van der Waals surface area contributed by atoms with Crippen LogP contribution < -0.4 is 0 Å². The van der Waals surface area contributed by atoms with Gasteiger partial charge in [0.05, 0.1) is 6.10 Å². The first kappa shape index (κ1) is 8.62. The Bertz CT molecular complexity index is 157. The molecule has 1 fully saturated rings. The van der Waals surface area contributed by atoms with Crippen molar-refractivity contribution in [3.05, 3.63) is 0 Å². The zero-order valence-corrected chi connectivity index (χ0v) is 7.09. The Kier molecular flexibility index (Phi) is 2.96. The van der Waals surface area contributed by atoms with Crippen molar-refractivity contribution in [2.24, 2.45) is 11.8 Å². The van der Waals surface area contributed by atoms with Crippen LogP contribution in [0.3, 0.4) is 0 Å². The van der Waals surface area contributed by atoms with Gasteiger partial charge in [0, 0.05) is 6.42 Å². The van der Waals surface area contributed by atoms with Crippen molar-refractivity contribution in [1.29, 1.82) is 0 Å². The minimum Gasteiger partial charge on any atom is -0.393 e. The first-order valence-electron chi connectivity index (χ1n) is 4.41. The zero-order chi connectivity index (χ0) is 8.27. The minimum atomic E-state index is -0.129. The number of rotatable bonds is 4. The summed E-state index contributed by atoms with van der Waals surface area (Å²) in [5.74, 6) is 3.90. The van der Waals surface area contributed by atoms with Crippen molar-refractivity contribution in [2.45, 2.75) is 38.7 Å². The van der Waals surface area contributed by atoms with E-state index in [1.807, 2.05) is 0 Å². The van der Waals surface area contributed by atoms with Crippen LogP contribution in [0, 0.1) is 24.2 Å². The van der Waals surface area contributed by atoms with E-state index in [1.54, 1.807) is 0 Å². The predicted octanol–water partition coefficient (Wildman–Crippen LogP) is 1.81. The third-order valence-corrected chi connectivity index (χ3v) is 2.58. The van der Waals surface area contributed by atoms with E-state index in [9.17, 15) is 5.11 Å². The van der Waals surface area contributed by atoms with Gasteiger partial charge in [-0.2, -0.15) is 0 Å². The van der Waals surface area contributed by atoms with Gasteiger partial charge < -0.3 is 5.11 Å². The van der Waals surface area contributed by atoms with E-state index in [2.05, 4.69) is 12.8 Å². The molecule has 0 aromatic heterocycles. The normalized spacial score (nSPS) is 31.0. The molecule has 1 rings (SSSR count). The predicted molar refractivity (Wildman–Crippen MR) is 46.0 cm³/mol. The van der Waals surface area contributed by atoms with Gasteiger partial charge >= 0.3 is 0 Å². The molecule has 0 spiro atoms. The van der Waals surface area contributed by atoms with E-state index in [0.717, 1.165) is 12.3 Å². The second kappa shape index (κ2) is 3.78. The molecule has 0 heterocycles. The van der Waals surface area contributed by atoms with Crippen molar-refractivity contribution in [3.63, 3.8) is 0 Å². The fourth-order valence-corrected chi connectivity index (χ4v) is 1.66. The summed E-state index contributed by atoms with van der Waals surface area (Å²) in [6.07, 6.45) is 8.90. The van der Waals surface area contributed by atoms with Gasteiger partial charge in [0.25, 0.3) is 0 Å². The summed E-state index contributed by atoms with van der Waals surface area (Å²) < 4.78 is 0. The van der Waals surface area contributed by atoms with Gasteiger partial charge in [0.1, 0.15) is 0 Å². The third kappa shape index (κ3) is 2.24. The molecule has 0 radical (unpaired) electrons. The van der Waals surface area contributed by atoms with Crippen molar-refractivity contribution >= 4 is 0 Å². The van der Waals surface area contributed by atoms with Crippen LogP contribution >= 0.6 is 0 Å². The first-order valence-corrected chi connectivity index (χ1v) is 4.41. The lowest BCUT2D eigenvalue weighted by atomic mass is 10.1. The second-order valence-electron chi connectivity index (χ2n) is 3.38. The standard InChI is InChI=1S/C10H16O/c1-3-5-6-10(11)9-7-8(9)4-2/h1,8-11H,4-7H2,2H3/t8-,9-,10?/m1/s1. The summed E-state index contributed by atoms with van der Waals surface area (Å²) in [6.45, 7) is 2.18. The van der Waals surface area contributed by atoms with E-state index in [1.165, 1.54) is 12.8 Å². The highest BCUT2D eigenvalue weighted by Crippen LogP contribution is 2.44. The van der Waals surface area contributed by atoms with Gasteiger partial charge in [0.15, 0.2) is 0 Å². The second-order valence-corrected chi connectivity index (χ2v) is 3.38. The van der Waals surface area contributed by atoms with E-state index in [0.29, 0.717) is 12.3 Å². The molecule has 0 saturated heterocycles. The molecular formula is C10H16O. The maximum Gasteiger partial charge on any atom is 0.0580 e. The molecule has 0 aromatic carbocycles. The molecule has 1 saturated carbocycles. The summed E-state index contributed by atoms with van der Waals surface area (Å²) in [5, 5.41) is 9.53. The third-order valence-electron chi connectivity index (χ3n) is 2.58. The minimum absolute atomic E-state index is 0.129. The highest BCUT2D eigenvalue weighted by atomic mass is 16.3. The van der Waals surface area contributed by atoms with Gasteiger partial charge in [0.2, 0.25) is 0 Å². The van der Waals surface area contributed by atoms with Crippen molar-refractivity contribution in [3.8, 4) is 12.3 Å². The van der Waals surface area contributed by atoms with Crippen LogP contribution in [0.4, 0.5) is 0 Å². The molecule has 1 aliphatic carbocycles. The van der Waals surface area contributed by atoms with Crippen LogP contribution in [0.5, 0.6) is 0 Å². The van der Waals surface area contributed by atoms with E-state index >= 15 is 0 Å². The molecule has 3 atom stereocenters. The first-order chi connectivity index (χ1) is 5.29. The lowest BCUT2D eigenvalue weighted by Gasteiger charge is -2.06. The van der Waals surface area contributed by atoms with E-state index in [-0.39, 0.29) is 6.10 Å². The van der Waals surface area contributed by atoms with Crippen LogP contribution in [0.2, 0.25) is 0 Å². The highest BCUT2D eigenvalue weighted by Gasteiger charge is 2.40. The highest BCUT2D eigenvalue weighted by molar-refractivity contribution is 4.93. The fraction of sp³-hybridized carbons (Fsp3) is 0.800. The summed E-state index contributed by atoms with van der Waals surface area (Å²) in [6, 6.07) is 0. The smallest absolute Gasteiger partial charge is 0.0580 e. The fourth-order valence-electron chi connectivity index (χ4n) is 1.66. The largest absolute Gasteiger partial charge is 0.393 e. The molecular weight excluding hydrogens is 136 g/mol. The Morgan fingerprint density at radius 1 is 1.73 bits per heavy atom. The number of hydrogen-bond acceptors (Lipinski definition) is 1. The molecule has 1 N–H and O–H groups in total. The van der Waals surface area contributed by atoms with Crippen LogP contribution in [-0.2, 0) is 0 Å². The summed E-state index contributed by atoms with van der Waals surface area (Å²) >= 11 is 0. The van der Waals surface area contributed by atoms with Gasteiger partial charge in [-0.3, -0.25) is 0 Å². The van der Waals surface area contributed by atoms with Crippen LogP contribution in [-0.4, -0.2) is 11.2 Å². The summed E-state index contributed by atoms with van der Waals surface area (Å²) in [7, 11) is 0. The monoisotopic (exact) mass is 152 g/mol.